The van der Waals surface area contributed by atoms with E-state index in [0.717, 1.165) is 45.6 Å². The van der Waals surface area contributed by atoms with Crippen molar-refractivity contribution in [1.82, 2.24) is 25.4 Å². The third-order valence-corrected chi connectivity index (χ3v) is 9.20. The quantitative estimate of drug-likeness (QED) is 0.447. The third kappa shape index (κ3) is 5.76. The number of amides is 3. The predicted molar refractivity (Wildman–Crippen MR) is 159 cm³/mol. The standard InChI is InChI=1S/C31H39N5O3S/c1-19(2)17-27(37)35-16-15-22-13-14-25(36(22)31(39)24(18-35)33-29(38)20(3)32-4)30-34-28-23(11-8-12-26(28)40-30)21-9-6-5-7-10-21/h5-12,19-20,22,24-25,32H,13-18H2,1-4H3,(H,33,38)/t20-,22+,24-,25-/m0/s1. The topological polar surface area (TPSA) is 94.6 Å². The average Bonchev–Trinajstić information content (AvgIpc) is 3.56. The zero-order valence-corrected chi connectivity index (χ0v) is 24.5. The number of para-hydroxylation sites is 1. The molecule has 2 aromatic carbocycles. The van der Waals surface area contributed by atoms with Crippen molar-refractivity contribution in [2.24, 2.45) is 5.92 Å². The lowest BCUT2D eigenvalue weighted by Crippen LogP contribution is -2.60. The van der Waals surface area contributed by atoms with Crippen LogP contribution in [0, 0.1) is 5.92 Å². The van der Waals surface area contributed by atoms with Crippen molar-refractivity contribution < 1.29 is 14.4 Å². The van der Waals surface area contributed by atoms with Crippen LogP contribution in [0.3, 0.4) is 0 Å². The van der Waals surface area contributed by atoms with Crippen molar-refractivity contribution in [1.29, 1.82) is 0 Å². The number of carbonyl (C=O) groups excluding carboxylic acids is 3. The molecule has 2 aliphatic heterocycles. The minimum Gasteiger partial charge on any atom is -0.341 e. The molecule has 5 rings (SSSR count). The first-order chi connectivity index (χ1) is 19.3. The maximum Gasteiger partial charge on any atom is 0.247 e. The molecule has 9 heteroatoms. The molecule has 2 N–H and O–H groups in total. The maximum absolute atomic E-state index is 14.2. The number of hydrogen-bond acceptors (Lipinski definition) is 6. The minimum absolute atomic E-state index is 0.00567. The Morgan fingerprint density at radius 3 is 2.55 bits per heavy atom. The molecule has 3 amide bonds. The lowest BCUT2D eigenvalue weighted by Gasteiger charge is -2.39. The number of thiazole rings is 1. The van der Waals surface area contributed by atoms with Gasteiger partial charge in [0.15, 0.2) is 0 Å². The highest BCUT2D eigenvalue weighted by Crippen LogP contribution is 2.43. The number of likely N-dealkylation sites (N-methyl/N-ethyl adjacent to an activating group) is 1. The number of nitrogens with one attached hydrogen (secondary N) is 2. The summed E-state index contributed by atoms with van der Waals surface area (Å²) in [5, 5.41) is 6.84. The Kier molecular flexibility index (Phi) is 8.51. The highest BCUT2D eigenvalue weighted by molar-refractivity contribution is 7.18. The summed E-state index contributed by atoms with van der Waals surface area (Å²) in [6, 6.07) is 15.1. The summed E-state index contributed by atoms with van der Waals surface area (Å²) in [7, 11) is 1.71. The molecule has 0 unspecified atom stereocenters. The van der Waals surface area contributed by atoms with Crippen molar-refractivity contribution >= 4 is 39.3 Å². The fourth-order valence-corrected chi connectivity index (χ4v) is 6.94. The van der Waals surface area contributed by atoms with Crippen molar-refractivity contribution in [2.75, 3.05) is 20.1 Å². The Labute approximate surface area is 240 Å². The number of rotatable bonds is 7. The molecule has 3 heterocycles. The zero-order valence-electron chi connectivity index (χ0n) is 23.7. The lowest BCUT2D eigenvalue weighted by atomic mass is 10.0. The van der Waals surface area contributed by atoms with Gasteiger partial charge in [0.1, 0.15) is 11.0 Å². The van der Waals surface area contributed by atoms with E-state index in [2.05, 4.69) is 41.0 Å². The molecular weight excluding hydrogens is 522 g/mol. The Morgan fingerprint density at radius 1 is 1.05 bits per heavy atom. The molecule has 0 spiro atoms. The molecule has 40 heavy (non-hydrogen) atoms. The van der Waals surface area contributed by atoms with E-state index in [0.29, 0.717) is 13.0 Å². The largest absolute Gasteiger partial charge is 0.341 e. The molecule has 8 nitrogen and oxygen atoms in total. The lowest BCUT2D eigenvalue weighted by molar-refractivity contribution is -0.144. The second kappa shape index (κ2) is 12.1. The first-order valence-corrected chi connectivity index (χ1v) is 15.1. The van der Waals surface area contributed by atoms with Crippen LogP contribution in [-0.4, -0.2) is 70.8 Å². The molecule has 0 saturated carbocycles. The first-order valence-electron chi connectivity index (χ1n) is 14.3. The number of fused-ring (bicyclic) bond motifs is 2. The SMILES string of the molecule is CN[C@@H](C)C(=O)N[C@H]1CN(C(=O)CC(C)C)CC[C@H]2CC[C@@H](c3nc4c(-c5ccccc5)cccc4s3)N2C1=O. The molecule has 0 aliphatic carbocycles. The molecule has 2 fully saturated rings. The van der Waals surface area contributed by atoms with Crippen LogP contribution in [0.2, 0.25) is 0 Å². The third-order valence-electron chi connectivity index (χ3n) is 8.07. The summed E-state index contributed by atoms with van der Waals surface area (Å²) in [6.07, 6.45) is 2.80. The maximum atomic E-state index is 14.2. The van der Waals surface area contributed by atoms with Crippen molar-refractivity contribution in [2.45, 2.75) is 70.6 Å². The number of hydrogen-bond donors (Lipinski definition) is 2. The van der Waals surface area contributed by atoms with E-state index in [9.17, 15) is 14.4 Å². The number of aromatic nitrogens is 1. The summed E-state index contributed by atoms with van der Waals surface area (Å²) < 4.78 is 1.09. The van der Waals surface area contributed by atoms with Crippen LogP contribution in [0.15, 0.2) is 48.5 Å². The predicted octanol–water partition coefficient (Wildman–Crippen LogP) is 4.37. The fourth-order valence-electron chi connectivity index (χ4n) is 5.82. The first kappa shape index (κ1) is 28.2. The van der Waals surface area contributed by atoms with Gasteiger partial charge in [-0.15, -0.1) is 11.3 Å². The Morgan fingerprint density at radius 2 is 1.82 bits per heavy atom. The van der Waals surface area contributed by atoms with E-state index in [4.69, 9.17) is 4.98 Å². The van der Waals surface area contributed by atoms with Crippen LogP contribution in [-0.2, 0) is 14.4 Å². The van der Waals surface area contributed by atoms with Crippen LogP contribution >= 0.6 is 11.3 Å². The number of carbonyl (C=O) groups is 3. The summed E-state index contributed by atoms with van der Waals surface area (Å²) >= 11 is 1.64. The molecule has 212 valence electrons. The van der Waals surface area contributed by atoms with E-state index in [1.54, 1.807) is 30.2 Å². The van der Waals surface area contributed by atoms with E-state index >= 15 is 0 Å². The molecular formula is C31H39N5O3S. The van der Waals surface area contributed by atoms with Gasteiger partial charge in [-0.25, -0.2) is 4.98 Å². The summed E-state index contributed by atoms with van der Waals surface area (Å²) in [5.41, 5.74) is 3.15. The van der Waals surface area contributed by atoms with Crippen LogP contribution in [0.4, 0.5) is 0 Å². The van der Waals surface area contributed by atoms with E-state index in [1.165, 1.54) is 0 Å². The van der Waals surface area contributed by atoms with Crippen molar-refractivity contribution in [3.05, 3.63) is 53.5 Å². The van der Waals surface area contributed by atoms with E-state index < -0.39 is 12.1 Å². The molecule has 4 atom stereocenters. The Balaban J connectivity index is 1.47. The monoisotopic (exact) mass is 561 g/mol. The second-order valence-electron chi connectivity index (χ2n) is 11.4. The molecule has 0 bridgehead atoms. The van der Waals surface area contributed by atoms with Crippen molar-refractivity contribution in [3.63, 3.8) is 0 Å². The van der Waals surface area contributed by atoms with Gasteiger partial charge in [0, 0.05) is 31.1 Å². The molecule has 2 saturated heterocycles. The normalized spacial score (nSPS) is 22.2. The van der Waals surface area contributed by atoms with E-state index in [1.807, 2.05) is 36.9 Å². The van der Waals surface area contributed by atoms with E-state index in [-0.39, 0.29) is 42.3 Å². The molecule has 3 aromatic rings. The Hall–Kier alpha value is -3.30. The molecule has 0 radical (unpaired) electrons. The van der Waals surface area contributed by atoms with Crippen LogP contribution < -0.4 is 10.6 Å². The van der Waals surface area contributed by atoms with Gasteiger partial charge in [0.05, 0.1) is 22.3 Å². The number of benzene rings is 2. The van der Waals surface area contributed by atoms with Gasteiger partial charge in [0.25, 0.3) is 0 Å². The fraction of sp³-hybridized carbons (Fsp3) is 0.484. The van der Waals surface area contributed by atoms with Crippen LogP contribution in [0.5, 0.6) is 0 Å². The smallest absolute Gasteiger partial charge is 0.247 e. The van der Waals surface area contributed by atoms with Crippen molar-refractivity contribution in [3.8, 4) is 11.1 Å². The summed E-state index contributed by atoms with van der Waals surface area (Å²) in [4.78, 5) is 49.1. The molecule has 1 aromatic heterocycles. The average molecular weight is 562 g/mol. The van der Waals surface area contributed by atoms with Crippen LogP contribution in [0.25, 0.3) is 21.3 Å². The second-order valence-corrected chi connectivity index (χ2v) is 12.4. The van der Waals surface area contributed by atoms with Gasteiger partial charge in [0.2, 0.25) is 17.7 Å². The summed E-state index contributed by atoms with van der Waals surface area (Å²) in [5.74, 6) is -0.129. The van der Waals surface area contributed by atoms with Gasteiger partial charge in [-0.3, -0.25) is 14.4 Å². The van der Waals surface area contributed by atoms with Gasteiger partial charge in [-0.05, 0) is 50.8 Å². The van der Waals surface area contributed by atoms with Gasteiger partial charge in [-0.1, -0.05) is 56.3 Å². The minimum atomic E-state index is -0.808. The highest BCUT2D eigenvalue weighted by atomic mass is 32.1. The number of nitrogens with zero attached hydrogens (tertiary/aromatic N) is 3. The van der Waals surface area contributed by atoms with Crippen LogP contribution in [0.1, 0.15) is 57.5 Å². The highest BCUT2D eigenvalue weighted by Gasteiger charge is 2.44. The molecule has 2 aliphatic rings. The zero-order chi connectivity index (χ0) is 28.4. The van der Waals surface area contributed by atoms with Gasteiger partial charge >= 0.3 is 0 Å². The van der Waals surface area contributed by atoms with Gasteiger partial charge < -0.3 is 20.4 Å². The summed E-state index contributed by atoms with van der Waals surface area (Å²) in [6.45, 7) is 6.55. The Bertz CT molecular complexity index is 1370. The van der Waals surface area contributed by atoms with Gasteiger partial charge in [-0.2, -0.15) is 0 Å².